The van der Waals surface area contributed by atoms with Gasteiger partial charge in [0.2, 0.25) is 0 Å². The van der Waals surface area contributed by atoms with E-state index < -0.39 is 24.3 Å². The predicted octanol–water partition coefficient (Wildman–Crippen LogP) is 2.03. The predicted molar refractivity (Wildman–Crippen MR) is 82.8 cm³/mol. The zero-order valence-corrected chi connectivity index (χ0v) is 13.6. The van der Waals surface area contributed by atoms with Crippen molar-refractivity contribution < 1.29 is 18.8 Å². The molecular weight excluding hydrogens is 281 g/mol. The molecule has 1 aromatic rings. The molecule has 116 valence electrons. The quantitative estimate of drug-likeness (QED) is 0.631. The van der Waals surface area contributed by atoms with Gasteiger partial charge in [0.15, 0.2) is 0 Å². The number of carbonyl (C=O) groups is 1. The van der Waals surface area contributed by atoms with E-state index in [2.05, 4.69) is 6.07 Å². The molecule has 0 spiro atoms. The highest BCUT2D eigenvalue weighted by Gasteiger charge is 2.52. The van der Waals surface area contributed by atoms with Crippen LogP contribution in [0.15, 0.2) is 18.2 Å². The number of rotatable bonds is 3. The summed E-state index contributed by atoms with van der Waals surface area (Å²) >= 11 is 0. The summed E-state index contributed by atoms with van der Waals surface area (Å²) in [6, 6.07) is 6.89. The second-order valence-corrected chi connectivity index (χ2v) is 6.22. The van der Waals surface area contributed by atoms with Crippen molar-refractivity contribution >= 4 is 18.6 Å². The van der Waals surface area contributed by atoms with Crippen molar-refractivity contribution in [3.05, 3.63) is 29.3 Å². The molecule has 0 saturated carbocycles. The minimum Gasteiger partial charge on any atom is -0.462 e. The Bertz CT molecular complexity index is 618. The van der Waals surface area contributed by atoms with Crippen molar-refractivity contribution in [1.82, 2.24) is 0 Å². The summed E-state index contributed by atoms with van der Waals surface area (Å²) in [6.07, 6.45) is 0. The molecule has 1 aromatic carbocycles. The zero-order chi connectivity index (χ0) is 16.5. The molecule has 1 heterocycles. The molecule has 1 saturated heterocycles. The zero-order valence-electron chi connectivity index (χ0n) is 13.6. The van der Waals surface area contributed by atoms with Crippen molar-refractivity contribution in [2.45, 2.75) is 45.8 Å². The fourth-order valence-corrected chi connectivity index (χ4v) is 2.17. The van der Waals surface area contributed by atoms with Crippen LogP contribution in [-0.4, -0.2) is 30.9 Å². The molecule has 6 heteroatoms. The maximum absolute atomic E-state index is 11.9. The summed E-state index contributed by atoms with van der Waals surface area (Å²) in [5.74, 6) is -0.426. The maximum Gasteiger partial charge on any atom is 0.496 e. The van der Waals surface area contributed by atoms with Gasteiger partial charge in [0, 0.05) is 5.46 Å². The second kappa shape index (κ2) is 5.75. The first kappa shape index (κ1) is 16.5. The lowest BCUT2D eigenvalue weighted by molar-refractivity contribution is 0.00578. The van der Waals surface area contributed by atoms with Gasteiger partial charge in [-0.15, -0.1) is 0 Å². The van der Waals surface area contributed by atoms with Gasteiger partial charge >= 0.3 is 13.1 Å². The Morgan fingerprint density at radius 1 is 1.27 bits per heavy atom. The lowest BCUT2D eigenvalue weighted by Crippen LogP contribution is -2.41. The number of ether oxygens (including phenoxy) is 1. The van der Waals surface area contributed by atoms with Crippen molar-refractivity contribution in [3.8, 4) is 6.07 Å². The second-order valence-electron chi connectivity index (χ2n) is 6.22. The highest BCUT2D eigenvalue weighted by atomic mass is 16.7. The smallest absolute Gasteiger partial charge is 0.462 e. The van der Waals surface area contributed by atoms with E-state index in [0.717, 1.165) is 0 Å². The van der Waals surface area contributed by atoms with E-state index in [1.54, 1.807) is 25.1 Å². The summed E-state index contributed by atoms with van der Waals surface area (Å²) in [6.45, 7) is 9.80. The van der Waals surface area contributed by atoms with Gasteiger partial charge in [0.1, 0.15) is 0 Å². The summed E-state index contributed by atoms with van der Waals surface area (Å²) in [5.41, 5.74) is 0.332. The Morgan fingerprint density at radius 2 is 1.86 bits per heavy atom. The number of esters is 1. The topological polar surface area (TPSA) is 68.6 Å². The molecule has 1 aliphatic heterocycles. The largest absolute Gasteiger partial charge is 0.496 e. The summed E-state index contributed by atoms with van der Waals surface area (Å²) in [5, 5.41) is 9.29. The number of nitriles is 1. The highest BCUT2D eigenvalue weighted by Crippen LogP contribution is 2.36. The van der Waals surface area contributed by atoms with E-state index in [0.29, 0.717) is 23.2 Å². The van der Waals surface area contributed by atoms with Crippen LogP contribution in [0.5, 0.6) is 0 Å². The Balaban J connectivity index is 2.40. The standard InChI is InChI=1S/C16H20BNO4/c1-6-20-14(19)11-7-8-12(10-18)13(9-11)17-21-15(2,3)16(4,5)22-17/h7-9H,6H2,1-5H3. The molecule has 1 fully saturated rings. The number of benzene rings is 1. The van der Waals surface area contributed by atoms with E-state index in [-0.39, 0.29) is 0 Å². The van der Waals surface area contributed by atoms with Crippen LogP contribution >= 0.6 is 0 Å². The first-order chi connectivity index (χ1) is 10.2. The average molecular weight is 301 g/mol. The number of nitrogens with zero attached hydrogens (tertiary/aromatic N) is 1. The van der Waals surface area contributed by atoms with Crippen LogP contribution in [0.3, 0.4) is 0 Å². The summed E-state index contributed by atoms with van der Waals surface area (Å²) in [4.78, 5) is 11.9. The molecule has 0 radical (unpaired) electrons. The molecule has 2 rings (SSSR count). The van der Waals surface area contributed by atoms with E-state index in [1.165, 1.54) is 0 Å². The molecule has 0 atom stereocenters. The minimum absolute atomic E-state index is 0.296. The number of hydrogen-bond acceptors (Lipinski definition) is 5. The fraction of sp³-hybridized carbons (Fsp3) is 0.500. The molecule has 0 N–H and O–H groups in total. The van der Waals surface area contributed by atoms with Gasteiger partial charge in [-0.1, -0.05) is 0 Å². The van der Waals surface area contributed by atoms with Crippen LogP contribution in [0.1, 0.15) is 50.5 Å². The van der Waals surface area contributed by atoms with Gasteiger partial charge in [0.05, 0.1) is 35.0 Å². The third-order valence-electron chi connectivity index (χ3n) is 4.19. The van der Waals surface area contributed by atoms with Crippen molar-refractivity contribution in [1.29, 1.82) is 5.26 Å². The molecule has 0 amide bonds. The van der Waals surface area contributed by atoms with Crippen LogP contribution in [0.2, 0.25) is 0 Å². The van der Waals surface area contributed by atoms with Gasteiger partial charge in [-0.25, -0.2) is 4.79 Å². The third-order valence-corrected chi connectivity index (χ3v) is 4.19. The summed E-state index contributed by atoms with van der Waals surface area (Å²) < 4.78 is 16.9. The van der Waals surface area contributed by atoms with E-state index >= 15 is 0 Å². The van der Waals surface area contributed by atoms with Crippen molar-refractivity contribution in [3.63, 3.8) is 0 Å². The van der Waals surface area contributed by atoms with Gasteiger partial charge in [-0.05, 0) is 52.8 Å². The lowest BCUT2D eigenvalue weighted by atomic mass is 9.75. The van der Waals surface area contributed by atoms with Gasteiger partial charge < -0.3 is 14.0 Å². The maximum atomic E-state index is 11.9. The monoisotopic (exact) mass is 301 g/mol. The average Bonchev–Trinajstić information content (AvgIpc) is 2.67. The molecule has 22 heavy (non-hydrogen) atoms. The van der Waals surface area contributed by atoms with Crippen LogP contribution in [0, 0.1) is 11.3 Å². The van der Waals surface area contributed by atoms with E-state index in [4.69, 9.17) is 14.0 Å². The van der Waals surface area contributed by atoms with E-state index in [9.17, 15) is 10.1 Å². The highest BCUT2D eigenvalue weighted by molar-refractivity contribution is 6.63. The first-order valence-electron chi connectivity index (χ1n) is 7.28. The Morgan fingerprint density at radius 3 is 2.36 bits per heavy atom. The Hall–Kier alpha value is -1.84. The van der Waals surface area contributed by atoms with Crippen molar-refractivity contribution in [2.75, 3.05) is 6.61 Å². The van der Waals surface area contributed by atoms with Gasteiger partial charge in [-0.3, -0.25) is 0 Å². The van der Waals surface area contributed by atoms with Gasteiger partial charge in [-0.2, -0.15) is 5.26 Å². The molecular formula is C16H20BNO4. The van der Waals surface area contributed by atoms with E-state index in [1.807, 2.05) is 27.7 Å². The van der Waals surface area contributed by atoms with Crippen LogP contribution < -0.4 is 5.46 Å². The fourth-order valence-electron chi connectivity index (χ4n) is 2.17. The summed E-state index contributed by atoms with van der Waals surface area (Å²) in [7, 11) is -0.686. The Labute approximate surface area is 131 Å². The molecule has 0 aliphatic carbocycles. The van der Waals surface area contributed by atoms with Crippen molar-refractivity contribution in [2.24, 2.45) is 0 Å². The normalized spacial score (nSPS) is 18.8. The minimum atomic E-state index is -0.686. The molecule has 0 unspecified atom stereocenters. The SMILES string of the molecule is CCOC(=O)c1ccc(C#N)c(B2OC(C)(C)C(C)(C)O2)c1. The lowest BCUT2D eigenvalue weighted by Gasteiger charge is -2.32. The third kappa shape index (κ3) is 2.87. The number of hydrogen-bond donors (Lipinski definition) is 0. The van der Waals surface area contributed by atoms with Crippen LogP contribution in [0.4, 0.5) is 0 Å². The molecule has 1 aliphatic rings. The number of carbonyl (C=O) groups excluding carboxylic acids is 1. The molecule has 0 aromatic heterocycles. The van der Waals surface area contributed by atoms with Crippen LogP contribution in [-0.2, 0) is 14.0 Å². The Kier molecular flexibility index (Phi) is 4.32. The molecule has 5 nitrogen and oxygen atoms in total. The van der Waals surface area contributed by atoms with Crippen LogP contribution in [0.25, 0.3) is 0 Å². The first-order valence-corrected chi connectivity index (χ1v) is 7.28. The molecule has 0 bridgehead atoms. The van der Waals surface area contributed by atoms with Gasteiger partial charge in [0.25, 0.3) is 0 Å².